The minimum absolute atomic E-state index is 0.282. The summed E-state index contributed by atoms with van der Waals surface area (Å²) in [6.07, 6.45) is 4.54. The van der Waals surface area contributed by atoms with E-state index in [1.165, 1.54) is 19.5 Å². The maximum absolute atomic E-state index is 12.4. The number of hydrogen-bond acceptors (Lipinski definition) is 5. The van der Waals surface area contributed by atoms with Gasteiger partial charge in [-0.1, -0.05) is 11.6 Å². The first-order valence-corrected chi connectivity index (χ1v) is 6.53. The highest BCUT2D eigenvalue weighted by molar-refractivity contribution is 6.34. The van der Waals surface area contributed by atoms with E-state index in [2.05, 4.69) is 15.3 Å². The zero-order chi connectivity index (χ0) is 15.4. The standard InChI is InChI=1S/C14H15ClN4O2/c1-19(2)11-5-7-17-14(21-3)12(11)18-13(20)9-4-6-16-8-10(9)15/h4-8H,1-3H3,(H,18,20). The summed E-state index contributed by atoms with van der Waals surface area (Å²) in [6.45, 7) is 0. The summed E-state index contributed by atoms with van der Waals surface area (Å²) >= 11 is 5.98. The van der Waals surface area contributed by atoms with Gasteiger partial charge in [-0.05, 0) is 12.1 Å². The first kappa shape index (κ1) is 15.1. The van der Waals surface area contributed by atoms with Crippen LogP contribution in [0.1, 0.15) is 10.4 Å². The Morgan fingerprint density at radius 3 is 2.71 bits per heavy atom. The molecule has 0 saturated heterocycles. The average Bonchev–Trinajstić information content (AvgIpc) is 2.47. The summed E-state index contributed by atoms with van der Waals surface area (Å²) in [5.41, 5.74) is 1.60. The lowest BCUT2D eigenvalue weighted by Gasteiger charge is -2.19. The Kier molecular flexibility index (Phi) is 4.59. The molecule has 0 fully saturated rings. The van der Waals surface area contributed by atoms with Gasteiger partial charge in [-0.25, -0.2) is 4.98 Å². The molecule has 0 unspecified atom stereocenters. The van der Waals surface area contributed by atoms with E-state index >= 15 is 0 Å². The molecule has 1 amide bonds. The van der Waals surface area contributed by atoms with Crippen molar-refractivity contribution in [1.82, 2.24) is 9.97 Å². The fourth-order valence-corrected chi connectivity index (χ4v) is 2.02. The molecule has 0 atom stereocenters. The maximum Gasteiger partial charge on any atom is 0.257 e. The number of methoxy groups -OCH3 is 1. The molecule has 2 aromatic heterocycles. The van der Waals surface area contributed by atoms with E-state index < -0.39 is 0 Å². The third-order valence-corrected chi connectivity index (χ3v) is 3.13. The molecule has 6 nitrogen and oxygen atoms in total. The summed E-state index contributed by atoms with van der Waals surface area (Å²) in [6, 6.07) is 3.34. The molecular formula is C14H15ClN4O2. The SMILES string of the molecule is COc1nccc(N(C)C)c1NC(=O)c1ccncc1Cl. The highest BCUT2D eigenvalue weighted by atomic mass is 35.5. The Labute approximate surface area is 127 Å². The third-order valence-electron chi connectivity index (χ3n) is 2.82. The van der Waals surface area contributed by atoms with Crippen molar-refractivity contribution in [3.63, 3.8) is 0 Å². The van der Waals surface area contributed by atoms with Crippen LogP contribution in [0.5, 0.6) is 5.88 Å². The van der Waals surface area contributed by atoms with E-state index in [4.69, 9.17) is 16.3 Å². The molecular weight excluding hydrogens is 292 g/mol. The second kappa shape index (κ2) is 6.41. The molecule has 0 aromatic carbocycles. The van der Waals surface area contributed by atoms with Gasteiger partial charge in [0.25, 0.3) is 5.91 Å². The Hall–Kier alpha value is -2.34. The van der Waals surface area contributed by atoms with Crippen LogP contribution in [-0.4, -0.2) is 37.1 Å². The topological polar surface area (TPSA) is 67.3 Å². The van der Waals surface area contributed by atoms with Gasteiger partial charge in [0.1, 0.15) is 5.69 Å². The van der Waals surface area contributed by atoms with Gasteiger partial charge in [0, 0.05) is 32.7 Å². The van der Waals surface area contributed by atoms with Crippen LogP contribution in [0.3, 0.4) is 0 Å². The van der Waals surface area contributed by atoms with Crippen molar-refractivity contribution in [2.24, 2.45) is 0 Å². The molecule has 0 aliphatic carbocycles. The zero-order valence-corrected chi connectivity index (χ0v) is 12.7. The van der Waals surface area contributed by atoms with Crippen molar-refractivity contribution in [2.45, 2.75) is 0 Å². The molecule has 0 saturated carbocycles. The molecule has 0 radical (unpaired) electrons. The Morgan fingerprint density at radius 1 is 1.33 bits per heavy atom. The molecule has 7 heteroatoms. The van der Waals surface area contributed by atoms with Gasteiger partial charge < -0.3 is 15.0 Å². The number of hydrogen-bond donors (Lipinski definition) is 1. The van der Waals surface area contributed by atoms with Gasteiger partial charge in [0.2, 0.25) is 5.88 Å². The average molecular weight is 307 g/mol. The highest BCUT2D eigenvalue weighted by Gasteiger charge is 2.17. The number of carbonyl (C=O) groups excluding carboxylic acids is 1. The normalized spacial score (nSPS) is 10.1. The molecule has 0 bridgehead atoms. The quantitative estimate of drug-likeness (QED) is 0.940. The number of halogens is 1. The predicted octanol–water partition coefficient (Wildman–Crippen LogP) is 2.46. The molecule has 2 heterocycles. The van der Waals surface area contributed by atoms with Crippen molar-refractivity contribution in [1.29, 1.82) is 0 Å². The van der Waals surface area contributed by atoms with Crippen LogP contribution in [0.2, 0.25) is 5.02 Å². The Bertz CT molecular complexity index is 661. The van der Waals surface area contributed by atoms with Gasteiger partial charge in [-0.2, -0.15) is 0 Å². The summed E-state index contributed by atoms with van der Waals surface area (Å²) < 4.78 is 5.21. The fourth-order valence-electron chi connectivity index (χ4n) is 1.82. The van der Waals surface area contributed by atoms with E-state index in [0.29, 0.717) is 17.1 Å². The number of nitrogens with one attached hydrogen (secondary N) is 1. The smallest absolute Gasteiger partial charge is 0.257 e. The van der Waals surface area contributed by atoms with Crippen LogP contribution in [-0.2, 0) is 0 Å². The van der Waals surface area contributed by atoms with Gasteiger partial charge in [-0.15, -0.1) is 0 Å². The number of amides is 1. The van der Waals surface area contributed by atoms with E-state index in [1.54, 1.807) is 18.3 Å². The van der Waals surface area contributed by atoms with Gasteiger partial charge in [0.15, 0.2) is 0 Å². The molecule has 0 aliphatic rings. The first-order valence-electron chi connectivity index (χ1n) is 6.15. The molecule has 21 heavy (non-hydrogen) atoms. The lowest BCUT2D eigenvalue weighted by atomic mass is 10.2. The number of carbonyl (C=O) groups is 1. The van der Waals surface area contributed by atoms with Gasteiger partial charge in [-0.3, -0.25) is 9.78 Å². The molecule has 2 rings (SSSR count). The number of pyridine rings is 2. The summed E-state index contributed by atoms with van der Waals surface area (Å²) in [4.78, 5) is 22.2. The van der Waals surface area contributed by atoms with E-state index in [9.17, 15) is 4.79 Å². The number of rotatable bonds is 4. The van der Waals surface area contributed by atoms with Crippen LogP contribution in [0, 0.1) is 0 Å². The maximum atomic E-state index is 12.4. The van der Waals surface area contributed by atoms with Crippen molar-refractivity contribution in [2.75, 3.05) is 31.4 Å². The number of anilines is 2. The van der Waals surface area contributed by atoms with Crippen molar-refractivity contribution < 1.29 is 9.53 Å². The van der Waals surface area contributed by atoms with Crippen LogP contribution >= 0.6 is 11.6 Å². The molecule has 0 aliphatic heterocycles. The summed E-state index contributed by atoms with van der Waals surface area (Å²) in [7, 11) is 5.23. The molecule has 1 N–H and O–H groups in total. The third kappa shape index (κ3) is 3.22. The van der Waals surface area contributed by atoms with Crippen molar-refractivity contribution >= 4 is 28.9 Å². The fraction of sp³-hybridized carbons (Fsp3) is 0.214. The minimum atomic E-state index is -0.350. The first-order chi connectivity index (χ1) is 10.0. The van der Waals surface area contributed by atoms with E-state index in [0.717, 1.165) is 5.69 Å². The Balaban J connectivity index is 2.39. The van der Waals surface area contributed by atoms with Gasteiger partial charge >= 0.3 is 0 Å². The van der Waals surface area contributed by atoms with Crippen LogP contribution in [0.25, 0.3) is 0 Å². The second-order valence-corrected chi connectivity index (χ2v) is 4.83. The molecule has 2 aromatic rings. The second-order valence-electron chi connectivity index (χ2n) is 4.42. The monoisotopic (exact) mass is 306 g/mol. The summed E-state index contributed by atoms with van der Waals surface area (Å²) in [5, 5.41) is 3.07. The number of ether oxygens (including phenoxy) is 1. The Morgan fingerprint density at radius 2 is 2.10 bits per heavy atom. The number of aromatic nitrogens is 2. The minimum Gasteiger partial charge on any atom is -0.479 e. The van der Waals surface area contributed by atoms with E-state index in [1.807, 2.05) is 19.0 Å². The largest absolute Gasteiger partial charge is 0.479 e. The zero-order valence-electron chi connectivity index (χ0n) is 11.9. The lowest BCUT2D eigenvalue weighted by Crippen LogP contribution is -2.18. The van der Waals surface area contributed by atoms with Gasteiger partial charge in [0.05, 0.1) is 23.4 Å². The van der Waals surface area contributed by atoms with Crippen molar-refractivity contribution in [3.8, 4) is 5.88 Å². The summed E-state index contributed by atoms with van der Waals surface area (Å²) in [5.74, 6) is -0.0171. The highest BCUT2D eigenvalue weighted by Crippen LogP contribution is 2.32. The molecule has 0 spiro atoms. The number of nitrogens with zero attached hydrogens (tertiary/aromatic N) is 3. The van der Waals surface area contributed by atoms with Crippen molar-refractivity contribution in [3.05, 3.63) is 41.3 Å². The predicted molar refractivity (Wildman–Crippen MR) is 82.3 cm³/mol. The van der Waals surface area contributed by atoms with Crippen LogP contribution < -0.4 is 15.0 Å². The van der Waals surface area contributed by atoms with Crippen LogP contribution in [0.4, 0.5) is 11.4 Å². The molecule has 110 valence electrons. The van der Waals surface area contributed by atoms with E-state index in [-0.39, 0.29) is 10.9 Å². The van der Waals surface area contributed by atoms with Crippen LogP contribution in [0.15, 0.2) is 30.7 Å². The lowest BCUT2D eigenvalue weighted by molar-refractivity contribution is 0.102.